The highest BCUT2D eigenvalue weighted by atomic mass is 32.5. The maximum Gasteiger partial charge on any atom is 0.319 e. The van der Waals surface area contributed by atoms with Gasteiger partial charge in [0.25, 0.3) is 0 Å². The van der Waals surface area contributed by atoms with E-state index in [0.717, 1.165) is 0 Å². The summed E-state index contributed by atoms with van der Waals surface area (Å²) in [6.07, 6.45) is 0. The van der Waals surface area contributed by atoms with Crippen molar-refractivity contribution in [2.75, 3.05) is 0 Å². The van der Waals surface area contributed by atoms with E-state index in [1.165, 1.54) is 0 Å². The lowest BCUT2D eigenvalue weighted by atomic mass is 10.4. The van der Waals surface area contributed by atoms with E-state index < -0.39 is 20.2 Å². The third kappa shape index (κ3) is 89.9. The van der Waals surface area contributed by atoms with Gasteiger partial charge in [0.1, 0.15) is 0 Å². The molecule has 33 heavy (non-hydrogen) atoms. The van der Waals surface area contributed by atoms with Crippen molar-refractivity contribution < 1.29 is 44.0 Å². The van der Waals surface area contributed by atoms with Crippen molar-refractivity contribution in [1.29, 1.82) is 0 Å². The van der Waals surface area contributed by atoms with Crippen LogP contribution in [0.25, 0.3) is 0 Å². The molecule has 3 aromatic rings. The van der Waals surface area contributed by atoms with Crippen molar-refractivity contribution >= 4 is 55.6 Å². The van der Waals surface area contributed by atoms with Crippen LogP contribution < -0.4 is 0 Å². The third-order valence-electron chi connectivity index (χ3n) is 2.00. The normalized spacial score (nSPS) is 9.73. The van der Waals surface area contributed by atoms with Gasteiger partial charge in [-0.05, 0) is 35.4 Å². The minimum atomic E-state index is -3.81. The number of rotatable bonds is 0. The van der Waals surface area contributed by atoms with Crippen LogP contribution in [0.3, 0.4) is 0 Å². The number of hydrogen-bond donors (Lipinski definition) is 9. The van der Waals surface area contributed by atoms with Crippen LogP contribution in [0.5, 0.6) is 0 Å². The Hall–Kier alpha value is -0.750. The largest absolute Gasteiger partial charge is 0.325 e. The van der Waals surface area contributed by atoms with E-state index in [9.17, 15) is 0 Å². The average Bonchev–Trinajstić information content (AvgIpc) is 2.69. The zero-order chi connectivity index (χ0) is 26.2. The second kappa shape index (κ2) is 23.0. The monoisotopic (exact) mass is 576 g/mol. The Bertz CT molecular complexity index is 679. The van der Waals surface area contributed by atoms with Crippen LogP contribution >= 0.6 is 20.2 Å². The molecule has 0 radical (unpaired) electrons. The molecule has 3 aromatic carbocycles. The van der Waals surface area contributed by atoms with E-state index >= 15 is 0 Å². The fourth-order valence-electron chi connectivity index (χ4n) is 1.15. The van der Waals surface area contributed by atoms with Gasteiger partial charge in [0.05, 0.1) is 0 Å². The highest BCUT2D eigenvalue weighted by Gasteiger charge is 1.93. The van der Waals surface area contributed by atoms with E-state index in [4.69, 9.17) is 44.0 Å². The van der Waals surface area contributed by atoms with Gasteiger partial charge in [-0.15, -0.1) is 0 Å². The molecule has 9 N–H and O–H groups in total. The van der Waals surface area contributed by atoms with Crippen LogP contribution in [0, 0.1) is 0 Å². The predicted molar refractivity (Wildman–Crippen MR) is 142 cm³/mol. The molecular weight excluding hydrogens is 549 g/mol. The number of hydrogen-bond acceptors (Lipinski definition) is 3. The quantitative estimate of drug-likeness (QED) is 0.179. The van der Waals surface area contributed by atoms with Crippen LogP contribution in [0.15, 0.2) is 109 Å². The Balaban J connectivity index is -0.000000329. The molecule has 0 aliphatic rings. The molecule has 0 unspecified atom stereocenters. The van der Waals surface area contributed by atoms with Gasteiger partial charge in [0.15, 0.2) is 0 Å². The van der Waals surface area contributed by atoms with Gasteiger partial charge >= 0.3 is 20.2 Å². The van der Waals surface area contributed by atoms with Crippen LogP contribution in [0.1, 0.15) is 0 Å². The van der Waals surface area contributed by atoms with Crippen LogP contribution in [0.4, 0.5) is 0 Å². The summed E-state index contributed by atoms with van der Waals surface area (Å²) in [4.78, 5) is 68.0. The summed E-state index contributed by atoms with van der Waals surface area (Å²) in [5, 5.41) is 0. The topological polar surface area (TPSA) is 182 Å². The third-order valence-corrected chi connectivity index (χ3v) is 2.00. The Labute approximate surface area is 208 Å². The Morgan fingerprint density at radius 3 is 0.303 bits per heavy atom. The van der Waals surface area contributed by atoms with E-state index in [2.05, 4.69) is 35.4 Å². The molecule has 0 fully saturated rings. The summed E-state index contributed by atoms with van der Waals surface area (Å²) < 4.78 is 0. The first-order valence-corrected chi connectivity index (χ1v) is 16.3. The van der Waals surface area contributed by atoms with Crippen molar-refractivity contribution in [3.8, 4) is 0 Å². The smallest absolute Gasteiger partial charge is 0.319 e. The standard InChI is InChI=1S/3C6H6.3H3O3PS/c3*1-2-4-6-5-3-1;3*1-4(2,3)5/h3*1-6H;3*(H3,1,2,3,5). The van der Waals surface area contributed by atoms with Gasteiger partial charge < -0.3 is 44.0 Å². The molecule has 9 nitrogen and oxygen atoms in total. The number of benzene rings is 3. The molecule has 0 amide bonds. The van der Waals surface area contributed by atoms with Crippen LogP contribution in [0.2, 0.25) is 0 Å². The summed E-state index contributed by atoms with van der Waals surface area (Å²) in [5.74, 6) is 0. The molecule has 3 rings (SSSR count). The Kier molecular flexibility index (Phi) is 25.7. The first-order valence-electron chi connectivity index (χ1n) is 8.35. The van der Waals surface area contributed by atoms with Crippen molar-refractivity contribution in [1.82, 2.24) is 0 Å². The second-order valence-corrected chi connectivity index (χ2v) is 12.5. The lowest BCUT2D eigenvalue weighted by Gasteiger charge is -1.88. The van der Waals surface area contributed by atoms with Crippen LogP contribution in [-0.2, 0) is 35.4 Å². The molecule has 0 bridgehead atoms. The minimum Gasteiger partial charge on any atom is -0.325 e. The summed E-state index contributed by atoms with van der Waals surface area (Å²) >= 11 is 10.8. The van der Waals surface area contributed by atoms with Gasteiger partial charge in [0, 0.05) is 0 Å². The Morgan fingerprint density at radius 1 is 0.242 bits per heavy atom. The second-order valence-electron chi connectivity index (χ2n) is 5.00. The summed E-state index contributed by atoms with van der Waals surface area (Å²) in [6, 6.07) is 36.0. The molecule has 0 heterocycles. The van der Waals surface area contributed by atoms with Gasteiger partial charge in [-0.1, -0.05) is 109 Å². The molecule has 15 heteroatoms. The molecule has 0 aromatic heterocycles. The molecule has 186 valence electrons. The summed E-state index contributed by atoms with van der Waals surface area (Å²) in [5.41, 5.74) is 0. The minimum absolute atomic E-state index is 2.00. The lowest BCUT2D eigenvalue weighted by molar-refractivity contribution is 0.361. The average molecular weight is 577 g/mol. The Morgan fingerprint density at radius 2 is 0.273 bits per heavy atom. The fourth-order valence-corrected chi connectivity index (χ4v) is 1.15. The van der Waals surface area contributed by atoms with E-state index in [1.54, 1.807) is 0 Å². The fraction of sp³-hybridized carbons (Fsp3) is 0. The van der Waals surface area contributed by atoms with Crippen LogP contribution in [-0.4, -0.2) is 44.0 Å². The molecule has 0 aliphatic heterocycles. The maximum atomic E-state index is 7.56. The lowest BCUT2D eigenvalue weighted by Crippen LogP contribution is -1.65. The first-order chi connectivity index (χ1) is 15.0. The molecule has 0 saturated heterocycles. The van der Waals surface area contributed by atoms with Gasteiger partial charge in [-0.25, -0.2) is 0 Å². The molecule has 0 aliphatic carbocycles. The highest BCUT2D eigenvalue weighted by Crippen LogP contribution is 2.27. The molecule has 0 atom stereocenters. The maximum absolute atomic E-state index is 7.56. The van der Waals surface area contributed by atoms with Crippen molar-refractivity contribution in [3.63, 3.8) is 0 Å². The zero-order valence-electron chi connectivity index (χ0n) is 17.0. The van der Waals surface area contributed by atoms with Crippen molar-refractivity contribution in [2.24, 2.45) is 0 Å². The van der Waals surface area contributed by atoms with Crippen molar-refractivity contribution in [2.45, 2.75) is 0 Å². The van der Waals surface area contributed by atoms with E-state index in [1.807, 2.05) is 109 Å². The highest BCUT2D eigenvalue weighted by molar-refractivity contribution is 8.06. The summed E-state index contributed by atoms with van der Waals surface area (Å²) in [6.45, 7) is -11.4. The predicted octanol–water partition coefficient (Wildman–Crippen LogP) is 2.62. The molecular formula is C18H27O9P3S3. The molecule has 0 spiro atoms. The van der Waals surface area contributed by atoms with Gasteiger partial charge in [-0.3, -0.25) is 0 Å². The van der Waals surface area contributed by atoms with Gasteiger partial charge in [0.2, 0.25) is 0 Å². The van der Waals surface area contributed by atoms with Crippen molar-refractivity contribution in [3.05, 3.63) is 109 Å². The zero-order valence-corrected chi connectivity index (χ0v) is 22.1. The first kappa shape index (κ1) is 36.8. The van der Waals surface area contributed by atoms with Gasteiger partial charge in [-0.2, -0.15) is 0 Å². The van der Waals surface area contributed by atoms with E-state index in [0.29, 0.717) is 0 Å². The summed E-state index contributed by atoms with van der Waals surface area (Å²) in [7, 11) is 0. The van der Waals surface area contributed by atoms with E-state index in [-0.39, 0.29) is 0 Å². The SMILES string of the molecule is OP(O)(O)=S.OP(O)(O)=S.OP(O)(O)=S.c1ccccc1.c1ccccc1.c1ccccc1. The molecule has 0 saturated carbocycles.